The fraction of sp³-hybridized carbons (Fsp3) is 0.444. The first-order valence-electron chi connectivity index (χ1n) is 7.40. The Hall–Kier alpha value is -1.55. The molecule has 1 N–H and O–H groups in total. The van der Waals surface area contributed by atoms with Gasteiger partial charge in [0.2, 0.25) is 5.91 Å². The van der Waals surface area contributed by atoms with Crippen molar-refractivity contribution >= 4 is 23.5 Å². The number of thioether (sulfide) groups is 1. The van der Waals surface area contributed by atoms with Crippen molar-refractivity contribution in [3.8, 4) is 0 Å². The molecule has 0 saturated carbocycles. The van der Waals surface area contributed by atoms with Gasteiger partial charge in [0.25, 0.3) is 0 Å². The summed E-state index contributed by atoms with van der Waals surface area (Å²) >= 11 is 1.59. The highest BCUT2D eigenvalue weighted by atomic mass is 32.2. The van der Waals surface area contributed by atoms with Crippen LogP contribution in [0.15, 0.2) is 18.7 Å². The summed E-state index contributed by atoms with van der Waals surface area (Å²) in [7, 11) is 0. The van der Waals surface area contributed by atoms with E-state index in [4.69, 9.17) is 0 Å². The lowest BCUT2D eigenvalue weighted by atomic mass is 9.92. The van der Waals surface area contributed by atoms with Gasteiger partial charge in [-0.1, -0.05) is 12.1 Å². The molecule has 1 aromatic rings. The van der Waals surface area contributed by atoms with Crippen LogP contribution in [0, 0.1) is 20.8 Å². The lowest BCUT2D eigenvalue weighted by Crippen LogP contribution is -2.31. The molecule has 120 valence electrons. The summed E-state index contributed by atoms with van der Waals surface area (Å²) in [6.45, 7) is 13.6. The maximum absolute atomic E-state index is 11.9. The number of hydrogen-bond acceptors (Lipinski definition) is 3. The summed E-state index contributed by atoms with van der Waals surface area (Å²) in [5.74, 6) is 0.832. The first kappa shape index (κ1) is 18.5. The molecule has 4 heteroatoms. The minimum Gasteiger partial charge on any atom is -0.352 e. The lowest BCUT2D eigenvalue weighted by Gasteiger charge is -2.17. The molecule has 0 aliphatic heterocycles. The van der Waals surface area contributed by atoms with Crippen molar-refractivity contribution in [3.05, 3.63) is 46.5 Å². The molecule has 0 aliphatic rings. The summed E-state index contributed by atoms with van der Waals surface area (Å²) in [6.07, 6.45) is 1.67. The predicted molar refractivity (Wildman–Crippen MR) is 94.6 cm³/mol. The zero-order valence-corrected chi connectivity index (χ0v) is 14.9. The van der Waals surface area contributed by atoms with E-state index in [1.165, 1.54) is 5.56 Å². The van der Waals surface area contributed by atoms with Crippen molar-refractivity contribution < 1.29 is 9.59 Å². The molecule has 3 nitrogen and oxygen atoms in total. The molecule has 0 bridgehead atoms. The Morgan fingerprint density at radius 2 is 1.95 bits per heavy atom. The van der Waals surface area contributed by atoms with E-state index < -0.39 is 0 Å². The van der Waals surface area contributed by atoms with Crippen molar-refractivity contribution in [1.82, 2.24) is 5.32 Å². The highest BCUT2D eigenvalue weighted by Crippen LogP contribution is 2.28. The van der Waals surface area contributed by atoms with Gasteiger partial charge in [0.15, 0.2) is 5.78 Å². The molecule has 0 heterocycles. The highest BCUT2D eigenvalue weighted by Gasteiger charge is 2.17. The summed E-state index contributed by atoms with van der Waals surface area (Å²) in [6, 6.07) is 2.06. The van der Waals surface area contributed by atoms with Gasteiger partial charge in [0.05, 0.1) is 5.25 Å². The number of hydrogen-bond donors (Lipinski definition) is 1. The van der Waals surface area contributed by atoms with E-state index in [0.29, 0.717) is 6.54 Å². The van der Waals surface area contributed by atoms with Crippen LogP contribution in [0.2, 0.25) is 0 Å². The number of benzene rings is 1. The molecule has 1 unspecified atom stereocenters. The average molecular weight is 319 g/mol. The van der Waals surface area contributed by atoms with Crippen LogP contribution in [0.3, 0.4) is 0 Å². The van der Waals surface area contributed by atoms with Gasteiger partial charge in [-0.25, -0.2) is 0 Å². The first-order valence-corrected chi connectivity index (χ1v) is 8.45. The summed E-state index contributed by atoms with van der Waals surface area (Å²) in [5.41, 5.74) is 5.20. The maximum Gasteiger partial charge on any atom is 0.233 e. The Kier molecular flexibility index (Phi) is 6.88. The molecule has 1 rings (SSSR count). The summed E-state index contributed by atoms with van der Waals surface area (Å²) < 4.78 is 0. The Balaban J connectivity index is 2.90. The minimum absolute atomic E-state index is 0.0131. The van der Waals surface area contributed by atoms with E-state index in [9.17, 15) is 9.59 Å². The highest BCUT2D eigenvalue weighted by molar-refractivity contribution is 7.99. The quantitative estimate of drug-likeness (QED) is 0.615. The van der Waals surface area contributed by atoms with E-state index in [0.717, 1.165) is 28.0 Å². The van der Waals surface area contributed by atoms with Crippen LogP contribution in [-0.2, 0) is 10.5 Å². The van der Waals surface area contributed by atoms with E-state index in [2.05, 4.69) is 24.9 Å². The molecule has 1 aromatic carbocycles. The number of nitrogens with one attached hydrogen (secondary N) is 1. The third-order valence-electron chi connectivity index (χ3n) is 3.75. The Morgan fingerprint density at radius 3 is 2.50 bits per heavy atom. The number of carbonyl (C=O) groups is 2. The van der Waals surface area contributed by atoms with Crippen LogP contribution in [0.25, 0.3) is 0 Å². The zero-order chi connectivity index (χ0) is 16.9. The fourth-order valence-corrected chi connectivity index (χ4v) is 3.69. The topological polar surface area (TPSA) is 46.2 Å². The lowest BCUT2D eigenvalue weighted by molar-refractivity contribution is -0.120. The molecule has 0 aromatic heterocycles. The Bertz CT molecular complexity index is 593. The second-order valence-electron chi connectivity index (χ2n) is 5.53. The van der Waals surface area contributed by atoms with Crippen molar-refractivity contribution in [3.63, 3.8) is 0 Å². The number of carbonyl (C=O) groups excluding carboxylic acids is 2. The molecule has 0 saturated heterocycles. The van der Waals surface area contributed by atoms with Gasteiger partial charge in [-0.15, -0.1) is 18.3 Å². The zero-order valence-electron chi connectivity index (χ0n) is 14.1. The minimum atomic E-state index is -0.138. The third kappa shape index (κ3) is 4.47. The number of rotatable bonds is 7. The normalized spacial score (nSPS) is 11.9. The van der Waals surface area contributed by atoms with E-state index in [1.807, 2.05) is 20.8 Å². The van der Waals surface area contributed by atoms with Gasteiger partial charge in [-0.05, 0) is 56.9 Å². The Morgan fingerprint density at radius 1 is 1.32 bits per heavy atom. The van der Waals surface area contributed by atoms with Crippen LogP contribution in [0.5, 0.6) is 0 Å². The average Bonchev–Trinajstić information content (AvgIpc) is 2.43. The molecule has 0 fully saturated rings. The molecule has 0 radical (unpaired) electrons. The van der Waals surface area contributed by atoms with Gasteiger partial charge in [-0.2, -0.15) is 0 Å². The van der Waals surface area contributed by atoms with E-state index >= 15 is 0 Å². The van der Waals surface area contributed by atoms with Gasteiger partial charge in [-0.3, -0.25) is 9.59 Å². The van der Waals surface area contributed by atoms with Crippen LogP contribution in [-0.4, -0.2) is 23.5 Å². The number of amides is 1. The largest absolute Gasteiger partial charge is 0.352 e. The number of Topliss-reactive ketones (excluding diaryl/α,β-unsaturated/α-hetero) is 1. The molecule has 22 heavy (non-hydrogen) atoms. The van der Waals surface area contributed by atoms with Crippen LogP contribution in [0.4, 0.5) is 0 Å². The van der Waals surface area contributed by atoms with Gasteiger partial charge < -0.3 is 5.32 Å². The monoisotopic (exact) mass is 319 g/mol. The van der Waals surface area contributed by atoms with Gasteiger partial charge in [0, 0.05) is 17.9 Å². The third-order valence-corrected chi connectivity index (χ3v) is 4.92. The summed E-state index contributed by atoms with van der Waals surface area (Å²) in [5, 5.41) is 2.67. The molecule has 0 aliphatic carbocycles. The second kappa shape index (κ2) is 8.18. The number of ketones is 1. The van der Waals surface area contributed by atoms with E-state index in [-0.39, 0.29) is 16.9 Å². The van der Waals surface area contributed by atoms with Crippen LogP contribution >= 0.6 is 11.8 Å². The standard InChI is InChI=1S/C18H25NO2S/c1-7-8-19-18(21)15(6)22-10-16-11(2)9-12(3)17(13(16)4)14(5)20/h7,9,15H,1,8,10H2,2-6H3,(H,19,21). The molecule has 0 spiro atoms. The first-order chi connectivity index (χ1) is 10.3. The van der Waals surface area contributed by atoms with Crippen LogP contribution in [0.1, 0.15) is 46.5 Å². The molecular weight excluding hydrogens is 294 g/mol. The summed E-state index contributed by atoms with van der Waals surface area (Å²) in [4.78, 5) is 23.7. The molecular formula is C18H25NO2S. The van der Waals surface area contributed by atoms with Crippen molar-refractivity contribution in [2.45, 2.75) is 45.6 Å². The molecule has 1 amide bonds. The van der Waals surface area contributed by atoms with Crippen molar-refractivity contribution in [2.24, 2.45) is 0 Å². The van der Waals surface area contributed by atoms with Gasteiger partial charge >= 0.3 is 0 Å². The van der Waals surface area contributed by atoms with Crippen molar-refractivity contribution in [1.29, 1.82) is 0 Å². The maximum atomic E-state index is 11.9. The van der Waals surface area contributed by atoms with Gasteiger partial charge in [0.1, 0.15) is 0 Å². The van der Waals surface area contributed by atoms with E-state index in [1.54, 1.807) is 24.8 Å². The SMILES string of the molecule is C=CCNC(=O)C(C)SCc1c(C)cc(C)c(C(C)=O)c1C. The molecule has 1 atom stereocenters. The fourth-order valence-electron chi connectivity index (χ4n) is 2.59. The number of aryl methyl sites for hydroxylation is 2. The predicted octanol–water partition coefficient (Wildman–Crippen LogP) is 3.74. The van der Waals surface area contributed by atoms with Crippen molar-refractivity contribution in [2.75, 3.05) is 6.54 Å². The smallest absolute Gasteiger partial charge is 0.233 e. The second-order valence-corrected chi connectivity index (χ2v) is 6.86. The van der Waals surface area contributed by atoms with Crippen LogP contribution < -0.4 is 5.32 Å². The Labute approximate surface area is 137 Å².